The molecule has 0 radical (unpaired) electrons. The van der Waals surface area contributed by atoms with Crippen molar-refractivity contribution in [2.75, 3.05) is 12.1 Å². The van der Waals surface area contributed by atoms with Gasteiger partial charge in [0.25, 0.3) is 5.91 Å². The molecule has 1 aliphatic rings. The van der Waals surface area contributed by atoms with Crippen LogP contribution >= 0.6 is 35.4 Å². The van der Waals surface area contributed by atoms with Crippen LogP contribution in [0.4, 0.5) is 5.69 Å². The quantitative estimate of drug-likeness (QED) is 0.542. The van der Waals surface area contributed by atoms with E-state index in [9.17, 15) is 9.90 Å². The third kappa shape index (κ3) is 3.48. The van der Waals surface area contributed by atoms with E-state index in [0.29, 0.717) is 22.1 Å². The minimum Gasteiger partial charge on any atom is -0.504 e. The summed E-state index contributed by atoms with van der Waals surface area (Å²) in [5, 5.41) is 15.4. The zero-order valence-electron chi connectivity index (χ0n) is 11.9. The van der Waals surface area contributed by atoms with Crippen LogP contribution in [0.1, 0.15) is 10.4 Å². The van der Waals surface area contributed by atoms with Crippen LogP contribution in [-0.4, -0.2) is 22.9 Å². The molecule has 0 aliphatic carbocycles. The molecule has 1 amide bonds. The van der Waals surface area contributed by atoms with Gasteiger partial charge in [-0.15, -0.1) is 0 Å². The van der Waals surface area contributed by atoms with Gasteiger partial charge in [0.1, 0.15) is 0 Å². The summed E-state index contributed by atoms with van der Waals surface area (Å²) in [6.07, 6.45) is 0. The Balaban J connectivity index is 1.70. The maximum absolute atomic E-state index is 12.2. The summed E-state index contributed by atoms with van der Waals surface area (Å²) < 4.78 is 10.4. The number of anilines is 1. The molecule has 0 spiro atoms. The third-order valence-electron chi connectivity index (χ3n) is 3.14. The number of ether oxygens (including phenoxy) is 2. The van der Waals surface area contributed by atoms with Crippen LogP contribution in [0, 0.1) is 0 Å². The lowest BCUT2D eigenvalue weighted by Crippen LogP contribution is -2.34. The summed E-state index contributed by atoms with van der Waals surface area (Å²) in [6.45, 7) is 0.120. The van der Waals surface area contributed by atoms with Crippen molar-refractivity contribution in [1.29, 1.82) is 0 Å². The maximum atomic E-state index is 12.2. The fourth-order valence-electron chi connectivity index (χ4n) is 2.03. The van der Waals surface area contributed by atoms with Crippen LogP contribution < -0.4 is 20.1 Å². The number of carbonyl (C=O) groups excluding carboxylic acids is 1. The maximum Gasteiger partial charge on any atom is 0.257 e. The second kappa shape index (κ2) is 6.72. The van der Waals surface area contributed by atoms with Crippen LogP contribution in [0.15, 0.2) is 30.3 Å². The first-order valence-electron chi connectivity index (χ1n) is 6.64. The van der Waals surface area contributed by atoms with Crippen molar-refractivity contribution >= 4 is 52.1 Å². The fourth-order valence-corrected chi connectivity index (χ4v) is 2.72. The Hall–Kier alpha value is -2.22. The van der Waals surface area contributed by atoms with E-state index in [1.807, 2.05) is 0 Å². The number of thiocarbonyl (C=S) groups is 1. The summed E-state index contributed by atoms with van der Waals surface area (Å²) in [4.78, 5) is 12.2. The number of hydrogen-bond acceptors (Lipinski definition) is 5. The molecule has 124 valence electrons. The van der Waals surface area contributed by atoms with Gasteiger partial charge in [-0.3, -0.25) is 10.1 Å². The number of halogens is 2. The van der Waals surface area contributed by atoms with E-state index in [4.69, 9.17) is 44.9 Å². The van der Waals surface area contributed by atoms with Crippen molar-refractivity contribution in [3.63, 3.8) is 0 Å². The van der Waals surface area contributed by atoms with Gasteiger partial charge in [0, 0.05) is 10.6 Å². The van der Waals surface area contributed by atoms with Crippen molar-refractivity contribution in [1.82, 2.24) is 5.32 Å². The number of amides is 1. The van der Waals surface area contributed by atoms with Gasteiger partial charge < -0.3 is 19.9 Å². The van der Waals surface area contributed by atoms with Crippen molar-refractivity contribution in [2.24, 2.45) is 0 Å². The number of carbonyl (C=O) groups is 1. The molecule has 6 nitrogen and oxygen atoms in total. The summed E-state index contributed by atoms with van der Waals surface area (Å²) in [6, 6.07) is 7.59. The Morgan fingerprint density at radius 1 is 1.17 bits per heavy atom. The average molecular weight is 385 g/mol. The second-order valence-electron chi connectivity index (χ2n) is 4.76. The number of phenols is 1. The highest BCUT2D eigenvalue weighted by atomic mass is 35.5. The molecule has 9 heteroatoms. The Bertz CT molecular complexity index is 844. The molecule has 0 saturated heterocycles. The molecule has 2 aromatic carbocycles. The van der Waals surface area contributed by atoms with Crippen LogP contribution in [-0.2, 0) is 0 Å². The van der Waals surface area contributed by atoms with E-state index in [-0.39, 0.29) is 28.4 Å². The Morgan fingerprint density at radius 3 is 2.71 bits per heavy atom. The largest absolute Gasteiger partial charge is 0.504 e. The molecule has 3 rings (SSSR count). The van der Waals surface area contributed by atoms with Crippen molar-refractivity contribution in [2.45, 2.75) is 0 Å². The first-order valence-corrected chi connectivity index (χ1v) is 7.80. The molecule has 0 saturated carbocycles. The molecule has 1 heterocycles. The number of rotatable bonds is 2. The van der Waals surface area contributed by atoms with Gasteiger partial charge in [0.2, 0.25) is 6.79 Å². The predicted octanol–water partition coefficient (Wildman–Crippen LogP) is 3.55. The first kappa shape index (κ1) is 16.6. The van der Waals surface area contributed by atoms with E-state index >= 15 is 0 Å². The van der Waals surface area contributed by atoms with E-state index in [0.717, 1.165) is 0 Å². The van der Waals surface area contributed by atoms with Gasteiger partial charge in [-0.05, 0) is 42.5 Å². The zero-order chi connectivity index (χ0) is 17.3. The van der Waals surface area contributed by atoms with Crippen LogP contribution in [0.25, 0.3) is 0 Å². The van der Waals surface area contributed by atoms with Crippen LogP contribution in [0.5, 0.6) is 17.2 Å². The third-order valence-corrected chi connectivity index (χ3v) is 3.85. The highest BCUT2D eigenvalue weighted by molar-refractivity contribution is 7.80. The van der Waals surface area contributed by atoms with Gasteiger partial charge in [0.05, 0.1) is 10.7 Å². The Kier molecular flexibility index (Phi) is 4.66. The van der Waals surface area contributed by atoms with Crippen LogP contribution in [0.2, 0.25) is 10.0 Å². The number of benzene rings is 2. The second-order valence-corrected chi connectivity index (χ2v) is 6.01. The normalized spacial score (nSPS) is 11.9. The number of phenolic OH excluding ortho intramolecular Hbond substituents is 1. The van der Waals surface area contributed by atoms with Gasteiger partial charge in [-0.2, -0.15) is 0 Å². The number of nitrogens with one attached hydrogen (secondary N) is 2. The van der Waals surface area contributed by atoms with E-state index in [2.05, 4.69) is 10.6 Å². The lowest BCUT2D eigenvalue weighted by atomic mass is 10.2. The standard InChI is InChI=1S/C15H10Cl2N2O4S/c16-8-4-9(17)13(20)10(5-8)18-15(24)19-14(21)7-1-2-11-12(3-7)23-6-22-11/h1-5,20H,6H2,(H2,18,19,21,24). The molecule has 0 aromatic heterocycles. The fraction of sp³-hybridized carbons (Fsp3) is 0.0667. The molecule has 0 fully saturated rings. The van der Waals surface area contributed by atoms with Gasteiger partial charge in [-0.25, -0.2) is 0 Å². The summed E-state index contributed by atoms with van der Waals surface area (Å²) in [7, 11) is 0. The molecule has 24 heavy (non-hydrogen) atoms. The van der Waals surface area contributed by atoms with E-state index in [1.54, 1.807) is 18.2 Å². The van der Waals surface area contributed by atoms with Crippen molar-refractivity contribution in [3.05, 3.63) is 45.9 Å². The average Bonchev–Trinajstić information content (AvgIpc) is 2.99. The van der Waals surface area contributed by atoms with Gasteiger partial charge in [-0.1, -0.05) is 23.2 Å². The summed E-state index contributed by atoms with van der Waals surface area (Å²) in [5.74, 6) is 0.394. The topological polar surface area (TPSA) is 79.8 Å². The number of hydrogen-bond donors (Lipinski definition) is 3. The first-order chi connectivity index (χ1) is 11.4. The summed E-state index contributed by atoms with van der Waals surface area (Å²) >= 11 is 16.8. The van der Waals surface area contributed by atoms with Gasteiger partial charge >= 0.3 is 0 Å². The monoisotopic (exact) mass is 384 g/mol. The molecule has 2 aromatic rings. The smallest absolute Gasteiger partial charge is 0.257 e. The van der Waals surface area contributed by atoms with Crippen molar-refractivity contribution in [3.8, 4) is 17.2 Å². The van der Waals surface area contributed by atoms with Gasteiger partial charge in [0.15, 0.2) is 22.4 Å². The lowest BCUT2D eigenvalue weighted by Gasteiger charge is -2.12. The Morgan fingerprint density at radius 2 is 1.92 bits per heavy atom. The van der Waals surface area contributed by atoms with E-state index in [1.165, 1.54) is 12.1 Å². The molecule has 1 aliphatic heterocycles. The molecule has 0 bridgehead atoms. The van der Waals surface area contributed by atoms with Crippen LogP contribution in [0.3, 0.4) is 0 Å². The molecule has 0 unspecified atom stereocenters. The molecule has 3 N–H and O–H groups in total. The highest BCUT2D eigenvalue weighted by Gasteiger charge is 2.17. The Labute approximate surface area is 152 Å². The number of fused-ring (bicyclic) bond motifs is 1. The molecule has 0 atom stereocenters. The SMILES string of the molecule is O=C(NC(=S)Nc1cc(Cl)cc(Cl)c1O)c1ccc2c(c1)OCO2. The molecular weight excluding hydrogens is 375 g/mol. The number of aromatic hydroxyl groups is 1. The lowest BCUT2D eigenvalue weighted by molar-refractivity contribution is 0.0977. The predicted molar refractivity (Wildman–Crippen MR) is 94.4 cm³/mol. The highest BCUT2D eigenvalue weighted by Crippen LogP contribution is 2.35. The summed E-state index contributed by atoms with van der Waals surface area (Å²) in [5.41, 5.74) is 0.528. The van der Waals surface area contributed by atoms with Crippen molar-refractivity contribution < 1.29 is 19.4 Å². The minimum atomic E-state index is -0.446. The minimum absolute atomic E-state index is 0.0219. The zero-order valence-corrected chi connectivity index (χ0v) is 14.3. The molecular formula is C15H10Cl2N2O4S. The van der Waals surface area contributed by atoms with E-state index < -0.39 is 5.91 Å².